The molecular formula is C13H11F6NO. The first-order valence-electron chi connectivity index (χ1n) is 5.91. The van der Waals surface area contributed by atoms with Crippen LogP contribution in [-0.2, 0) is 12.4 Å². The van der Waals surface area contributed by atoms with Crippen molar-refractivity contribution in [3.63, 3.8) is 0 Å². The van der Waals surface area contributed by atoms with Gasteiger partial charge < -0.3 is 10.0 Å². The third-order valence-corrected chi connectivity index (χ3v) is 3.06. The van der Waals surface area contributed by atoms with Crippen LogP contribution in [0, 0.1) is 0 Å². The molecule has 0 saturated carbocycles. The van der Waals surface area contributed by atoms with Crippen LogP contribution in [0.2, 0.25) is 0 Å². The van der Waals surface area contributed by atoms with Crippen LogP contribution in [0.1, 0.15) is 24.5 Å². The molecule has 0 bridgehead atoms. The zero-order chi connectivity index (χ0) is 16.0. The molecule has 1 atom stereocenters. The van der Waals surface area contributed by atoms with Crippen LogP contribution in [-0.4, -0.2) is 11.3 Å². The molecule has 1 aliphatic rings. The number of nitrogens with zero attached hydrogens (tertiary/aromatic N) is 1. The second-order valence-electron chi connectivity index (χ2n) is 4.83. The molecule has 2 nitrogen and oxygen atoms in total. The first-order valence-corrected chi connectivity index (χ1v) is 5.91. The van der Waals surface area contributed by atoms with Crippen molar-refractivity contribution in [2.45, 2.75) is 31.9 Å². The number of alkyl halides is 6. The van der Waals surface area contributed by atoms with Gasteiger partial charge in [-0.25, -0.2) is 0 Å². The largest absolute Gasteiger partial charge is 0.416 e. The van der Waals surface area contributed by atoms with Crippen molar-refractivity contribution in [3.8, 4) is 0 Å². The minimum atomic E-state index is -4.90. The molecule has 116 valence electrons. The Hall–Kier alpha value is -1.70. The fourth-order valence-electron chi connectivity index (χ4n) is 2.10. The van der Waals surface area contributed by atoms with Crippen molar-refractivity contribution in [1.82, 2.24) is 0 Å². The van der Waals surface area contributed by atoms with E-state index in [0.717, 1.165) is 4.90 Å². The summed E-state index contributed by atoms with van der Waals surface area (Å²) in [6.45, 7) is 1.63. The lowest BCUT2D eigenvalue weighted by atomic mass is 10.1. The van der Waals surface area contributed by atoms with E-state index in [4.69, 9.17) is 0 Å². The van der Waals surface area contributed by atoms with Crippen molar-refractivity contribution >= 4 is 5.69 Å². The topological polar surface area (TPSA) is 23.5 Å². The zero-order valence-corrected chi connectivity index (χ0v) is 10.8. The third-order valence-electron chi connectivity index (χ3n) is 3.06. The highest BCUT2D eigenvalue weighted by atomic mass is 19.4. The van der Waals surface area contributed by atoms with E-state index in [1.165, 1.54) is 6.20 Å². The van der Waals surface area contributed by atoms with E-state index >= 15 is 0 Å². The molecule has 0 spiro atoms. The molecule has 0 saturated heterocycles. The number of anilines is 1. The second-order valence-corrected chi connectivity index (χ2v) is 4.83. The lowest BCUT2D eigenvalue weighted by Gasteiger charge is -2.23. The van der Waals surface area contributed by atoms with E-state index in [1.54, 1.807) is 6.92 Å². The molecule has 1 unspecified atom stereocenters. The predicted octanol–water partition coefficient (Wildman–Crippen LogP) is 4.16. The van der Waals surface area contributed by atoms with E-state index in [2.05, 4.69) is 0 Å². The minimum absolute atomic E-state index is 0.0581. The Morgan fingerprint density at radius 1 is 1.00 bits per heavy atom. The van der Waals surface area contributed by atoms with Crippen LogP contribution < -0.4 is 4.90 Å². The molecule has 1 aromatic carbocycles. The normalized spacial score (nSPS) is 19.9. The van der Waals surface area contributed by atoms with Gasteiger partial charge in [0.15, 0.2) is 0 Å². The summed E-state index contributed by atoms with van der Waals surface area (Å²) in [5, 5.41) is 9.71. The van der Waals surface area contributed by atoms with Crippen LogP contribution in [0.5, 0.6) is 0 Å². The van der Waals surface area contributed by atoms with E-state index in [1.807, 2.05) is 0 Å². The number of benzene rings is 1. The lowest BCUT2D eigenvalue weighted by molar-refractivity contribution is -0.143. The number of aliphatic hydroxyl groups excluding tert-OH is 1. The van der Waals surface area contributed by atoms with Gasteiger partial charge in [0, 0.05) is 18.3 Å². The van der Waals surface area contributed by atoms with E-state index < -0.39 is 29.7 Å². The van der Waals surface area contributed by atoms with Gasteiger partial charge in [0.1, 0.15) is 6.23 Å². The number of hydrogen-bond donors (Lipinski definition) is 1. The standard InChI is InChI=1S/C13H11F6NO/c1-7-2-11(21)20(6-7)10-4-8(12(14,15)16)3-9(5-10)13(17,18)19/h3-6,11,21H,2H2,1H3. The number of hydrogen-bond acceptors (Lipinski definition) is 2. The Bertz CT molecular complexity index is 543. The fraction of sp³-hybridized carbons (Fsp3) is 0.385. The van der Waals surface area contributed by atoms with Gasteiger partial charge in [0.25, 0.3) is 0 Å². The molecule has 21 heavy (non-hydrogen) atoms. The average Bonchev–Trinajstić information content (AvgIpc) is 2.65. The summed E-state index contributed by atoms with van der Waals surface area (Å²) in [4.78, 5) is 1.000. The highest BCUT2D eigenvalue weighted by Gasteiger charge is 2.38. The summed E-state index contributed by atoms with van der Waals surface area (Å²) in [6.07, 6.45) is -9.48. The quantitative estimate of drug-likeness (QED) is 0.787. The summed E-state index contributed by atoms with van der Waals surface area (Å²) < 4.78 is 76.4. The van der Waals surface area contributed by atoms with Gasteiger partial charge in [-0.3, -0.25) is 0 Å². The highest BCUT2D eigenvalue weighted by molar-refractivity contribution is 5.57. The Balaban J connectivity index is 2.56. The van der Waals surface area contributed by atoms with Crippen molar-refractivity contribution < 1.29 is 31.4 Å². The predicted molar refractivity (Wildman–Crippen MR) is 63.3 cm³/mol. The maximum atomic E-state index is 12.7. The Kier molecular flexibility index (Phi) is 3.69. The zero-order valence-electron chi connectivity index (χ0n) is 10.8. The summed E-state index contributed by atoms with van der Waals surface area (Å²) >= 11 is 0. The van der Waals surface area contributed by atoms with Crippen LogP contribution in [0.3, 0.4) is 0 Å². The van der Waals surface area contributed by atoms with Crippen molar-refractivity contribution in [3.05, 3.63) is 41.1 Å². The SMILES string of the molecule is CC1=CN(c2cc(C(F)(F)F)cc(C(F)(F)F)c2)C(O)C1. The fourth-order valence-corrected chi connectivity index (χ4v) is 2.10. The maximum absolute atomic E-state index is 12.7. The first kappa shape index (κ1) is 15.7. The molecule has 1 aliphatic heterocycles. The highest BCUT2D eigenvalue weighted by Crippen LogP contribution is 2.39. The smallest absolute Gasteiger partial charge is 0.373 e. The van der Waals surface area contributed by atoms with E-state index in [-0.39, 0.29) is 18.2 Å². The van der Waals surface area contributed by atoms with Crippen LogP contribution in [0.25, 0.3) is 0 Å². The number of aliphatic hydroxyl groups is 1. The summed E-state index contributed by atoms with van der Waals surface area (Å²) in [5.74, 6) is 0. The molecule has 0 fully saturated rings. The number of halogens is 6. The molecule has 8 heteroatoms. The molecular weight excluding hydrogens is 300 g/mol. The van der Waals surface area contributed by atoms with Gasteiger partial charge in [0.05, 0.1) is 11.1 Å². The van der Waals surface area contributed by atoms with Crippen LogP contribution in [0.4, 0.5) is 32.0 Å². The van der Waals surface area contributed by atoms with Crippen molar-refractivity contribution in [2.75, 3.05) is 4.90 Å². The van der Waals surface area contributed by atoms with Gasteiger partial charge in [-0.15, -0.1) is 0 Å². The van der Waals surface area contributed by atoms with Gasteiger partial charge in [0.2, 0.25) is 0 Å². The molecule has 1 heterocycles. The van der Waals surface area contributed by atoms with Gasteiger partial charge in [-0.1, -0.05) is 5.57 Å². The summed E-state index contributed by atoms with van der Waals surface area (Å²) in [6, 6.07) is 1.24. The Labute approximate surface area is 116 Å². The molecule has 0 radical (unpaired) electrons. The molecule has 0 aliphatic carbocycles. The molecule has 1 N–H and O–H groups in total. The van der Waals surface area contributed by atoms with Gasteiger partial charge in [-0.05, 0) is 25.1 Å². The molecule has 0 amide bonds. The van der Waals surface area contributed by atoms with Crippen LogP contribution >= 0.6 is 0 Å². The van der Waals surface area contributed by atoms with Gasteiger partial charge >= 0.3 is 12.4 Å². The lowest BCUT2D eigenvalue weighted by Crippen LogP contribution is -2.26. The maximum Gasteiger partial charge on any atom is 0.416 e. The molecule has 0 aromatic heterocycles. The second kappa shape index (κ2) is 4.94. The van der Waals surface area contributed by atoms with E-state index in [9.17, 15) is 31.4 Å². The third kappa shape index (κ3) is 3.31. The average molecular weight is 311 g/mol. The minimum Gasteiger partial charge on any atom is -0.373 e. The van der Waals surface area contributed by atoms with E-state index in [0.29, 0.717) is 17.7 Å². The first-order chi connectivity index (χ1) is 9.48. The van der Waals surface area contributed by atoms with Gasteiger partial charge in [-0.2, -0.15) is 26.3 Å². The van der Waals surface area contributed by atoms with Crippen LogP contribution in [0.15, 0.2) is 30.0 Å². The summed E-state index contributed by atoms with van der Waals surface area (Å²) in [5.41, 5.74) is -2.50. The van der Waals surface area contributed by atoms with Crippen molar-refractivity contribution in [1.29, 1.82) is 0 Å². The molecule has 2 rings (SSSR count). The summed E-state index contributed by atoms with van der Waals surface area (Å²) in [7, 11) is 0. The van der Waals surface area contributed by atoms with Crippen molar-refractivity contribution in [2.24, 2.45) is 0 Å². The Morgan fingerprint density at radius 2 is 1.48 bits per heavy atom. The number of rotatable bonds is 1. The monoisotopic (exact) mass is 311 g/mol. The Morgan fingerprint density at radius 3 is 1.81 bits per heavy atom. The molecule has 1 aromatic rings.